The first-order valence-electron chi connectivity index (χ1n) is 9.77. The highest BCUT2D eigenvalue weighted by Crippen LogP contribution is 2.42. The number of anilines is 2. The number of allylic oxidation sites excluding steroid dienone is 1. The molecule has 0 unspecified atom stereocenters. The van der Waals surface area contributed by atoms with Gasteiger partial charge in [0.15, 0.2) is 11.5 Å². The van der Waals surface area contributed by atoms with Crippen molar-refractivity contribution in [1.82, 2.24) is 15.0 Å². The number of hydrogen-bond donors (Lipinski definition) is 2. The summed E-state index contributed by atoms with van der Waals surface area (Å²) < 4.78 is 16.9. The fraction of sp³-hybridized carbons (Fsp3) is 0.0833. The summed E-state index contributed by atoms with van der Waals surface area (Å²) in [6, 6.07) is 16.4. The number of fused-ring (bicyclic) bond motifs is 1. The Morgan fingerprint density at radius 1 is 1.00 bits per heavy atom. The predicted molar refractivity (Wildman–Crippen MR) is 123 cm³/mol. The molecule has 9 heteroatoms. The average molecular weight is 438 g/mol. The number of H-pyrrole nitrogens is 1. The molecular formula is C24H18N6O3. The average Bonchev–Trinajstić information content (AvgIpc) is 3.32. The zero-order valence-corrected chi connectivity index (χ0v) is 17.8. The van der Waals surface area contributed by atoms with Crippen molar-refractivity contribution < 1.29 is 14.2 Å². The first kappa shape index (κ1) is 21.2. The van der Waals surface area contributed by atoms with Crippen LogP contribution in [0.1, 0.15) is 11.1 Å². The Morgan fingerprint density at radius 3 is 2.36 bits per heavy atom. The molecule has 4 rings (SSSR count). The van der Waals surface area contributed by atoms with Crippen molar-refractivity contribution in [3.63, 3.8) is 0 Å². The lowest BCUT2D eigenvalue weighted by molar-refractivity contribution is 0.343. The van der Waals surface area contributed by atoms with Crippen molar-refractivity contribution >= 4 is 28.7 Å². The Kier molecular flexibility index (Phi) is 6.05. The minimum atomic E-state index is 0.252. The SMILES string of the molecule is COc1cc(C#N)cc(OC)c1Oc1nc(Nc2ccc(/C=C/C#N)cc2)nc2cc[nH]c12. The number of rotatable bonds is 7. The molecule has 2 N–H and O–H groups in total. The maximum absolute atomic E-state index is 9.25. The van der Waals surface area contributed by atoms with Gasteiger partial charge in [-0.25, -0.2) is 4.98 Å². The van der Waals surface area contributed by atoms with Gasteiger partial charge >= 0.3 is 0 Å². The van der Waals surface area contributed by atoms with Crippen molar-refractivity contribution in [3.05, 3.63) is 65.9 Å². The van der Waals surface area contributed by atoms with Gasteiger partial charge in [-0.15, -0.1) is 0 Å². The number of aromatic amines is 1. The van der Waals surface area contributed by atoms with Crippen LogP contribution in [-0.4, -0.2) is 29.2 Å². The molecule has 2 aromatic carbocycles. The molecule has 0 amide bonds. The number of aromatic nitrogens is 3. The Labute approximate surface area is 189 Å². The van der Waals surface area contributed by atoms with Gasteiger partial charge in [-0.1, -0.05) is 12.1 Å². The van der Waals surface area contributed by atoms with Gasteiger partial charge in [-0.3, -0.25) is 0 Å². The largest absolute Gasteiger partial charge is 0.493 e. The van der Waals surface area contributed by atoms with Crippen LogP contribution in [0.4, 0.5) is 11.6 Å². The third-order valence-corrected chi connectivity index (χ3v) is 4.68. The molecule has 2 aromatic heterocycles. The molecule has 0 bridgehead atoms. The minimum absolute atomic E-state index is 0.252. The maximum atomic E-state index is 9.25. The van der Waals surface area contributed by atoms with E-state index >= 15 is 0 Å². The van der Waals surface area contributed by atoms with E-state index in [1.807, 2.05) is 30.3 Å². The number of nitrogens with zero attached hydrogens (tertiary/aromatic N) is 4. The standard InChI is InChI=1S/C24H18N6O3/c1-31-19-12-16(14-26)13-20(32-2)22(19)33-23-21-18(9-11-27-21)29-24(30-23)28-17-7-5-15(6-8-17)4-3-10-25/h3-9,11-13,27H,1-2H3,(H,28,29,30)/b4-3+. The Bertz CT molecular complexity index is 1390. The number of methoxy groups -OCH3 is 2. The van der Waals surface area contributed by atoms with Gasteiger partial charge < -0.3 is 24.5 Å². The molecule has 0 aliphatic heterocycles. The van der Waals surface area contributed by atoms with Crippen molar-refractivity contribution in [2.45, 2.75) is 0 Å². The first-order chi connectivity index (χ1) is 16.1. The molecule has 9 nitrogen and oxygen atoms in total. The van der Waals surface area contributed by atoms with E-state index in [0.29, 0.717) is 34.0 Å². The summed E-state index contributed by atoms with van der Waals surface area (Å²) in [5.41, 5.74) is 3.26. The lowest BCUT2D eigenvalue weighted by Crippen LogP contribution is -2.01. The van der Waals surface area contributed by atoms with E-state index in [1.165, 1.54) is 20.3 Å². The number of ether oxygens (including phenoxy) is 3. The van der Waals surface area contributed by atoms with Crippen molar-refractivity contribution in [2.24, 2.45) is 0 Å². The van der Waals surface area contributed by atoms with Crippen LogP contribution in [0.3, 0.4) is 0 Å². The van der Waals surface area contributed by atoms with Crippen molar-refractivity contribution in [3.8, 4) is 35.3 Å². The molecule has 0 saturated carbocycles. The second kappa shape index (κ2) is 9.41. The highest BCUT2D eigenvalue weighted by molar-refractivity contribution is 5.82. The molecule has 33 heavy (non-hydrogen) atoms. The van der Waals surface area contributed by atoms with Gasteiger partial charge in [0.25, 0.3) is 0 Å². The van der Waals surface area contributed by atoms with Crippen LogP contribution in [0.5, 0.6) is 23.1 Å². The topological polar surface area (TPSA) is 129 Å². The fourth-order valence-electron chi connectivity index (χ4n) is 3.13. The van der Waals surface area contributed by atoms with E-state index in [2.05, 4.69) is 26.3 Å². The minimum Gasteiger partial charge on any atom is -0.493 e. The number of hydrogen-bond acceptors (Lipinski definition) is 8. The van der Waals surface area contributed by atoms with Gasteiger partial charge in [0.05, 0.1) is 37.4 Å². The van der Waals surface area contributed by atoms with Crippen molar-refractivity contribution in [2.75, 3.05) is 19.5 Å². The molecule has 0 spiro atoms. The van der Waals surface area contributed by atoms with E-state index < -0.39 is 0 Å². The summed E-state index contributed by atoms with van der Waals surface area (Å²) in [7, 11) is 2.96. The molecule has 0 aliphatic carbocycles. The van der Waals surface area contributed by atoms with Gasteiger partial charge in [0.2, 0.25) is 17.6 Å². The van der Waals surface area contributed by atoms with Crippen LogP contribution >= 0.6 is 0 Å². The third kappa shape index (κ3) is 4.53. The maximum Gasteiger partial charge on any atom is 0.249 e. The summed E-state index contributed by atoms with van der Waals surface area (Å²) in [5, 5.41) is 21.1. The molecule has 0 atom stereocenters. The van der Waals surface area contributed by atoms with Crippen LogP contribution in [0.25, 0.3) is 17.1 Å². The van der Waals surface area contributed by atoms with Gasteiger partial charge in [0.1, 0.15) is 5.52 Å². The quantitative estimate of drug-likeness (QED) is 0.389. The van der Waals surface area contributed by atoms with Gasteiger partial charge in [-0.05, 0) is 29.8 Å². The Balaban J connectivity index is 1.70. The molecule has 4 aromatic rings. The van der Waals surface area contributed by atoms with E-state index in [0.717, 1.165) is 11.3 Å². The molecule has 0 fully saturated rings. The normalized spacial score (nSPS) is 10.5. The molecule has 0 radical (unpaired) electrons. The Hall–Kier alpha value is -5.02. The lowest BCUT2D eigenvalue weighted by Gasteiger charge is -2.15. The summed E-state index contributed by atoms with van der Waals surface area (Å²) in [6.07, 6.45) is 4.87. The zero-order chi connectivity index (χ0) is 23.2. The lowest BCUT2D eigenvalue weighted by atomic mass is 10.2. The van der Waals surface area contributed by atoms with E-state index in [4.69, 9.17) is 19.5 Å². The number of nitrogens with one attached hydrogen (secondary N) is 2. The highest BCUT2D eigenvalue weighted by atomic mass is 16.5. The summed E-state index contributed by atoms with van der Waals surface area (Å²) >= 11 is 0. The number of nitriles is 2. The smallest absolute Gasteiger partial charge is 0.249 e. The number of benzene rings is 2. The van der Waals surface area contributed by atoms with Crippen LogP contribution in [0.15, 0.2) is 54.7 Å². The summed E-state index contributed by atoms with van der Waals surface area (Å²) in [6.45, 7) is 0. The monoisotopic (exact) mass is 438 g/mol. The summed E-state index contributed by atoms with van der Waals surface area (Å²) in [5.74, 6) is 1.53. The second-order valence-electron chi connectivity index (χ2n) is 6.72. The Morgan fingerprint density at radius 2 is 1.73 bits per heavy atom. The molecule has 0 aliphatic rings. The predicted octanol–water partition coefficient (Wildman–Crippen LogP) is 4.92. The van der Waals surface area contributed by atoms with E-state index in [-0.39, 0.29) is 11.6 Å². The highest BCUT2D eigenvalue weighted by Gasteiger charge is 2.19. The fourth-order valence-corrected chi connectivity index (χ4v) is 3.13. The second-order valence-corrected chi connectivity index (χ2v) is 6.72. The molecule has 0 saturated heterocycles. The molecule has 162 valence electrons. The van der Waals surface area contributed by atoms with Crippen LogP contribution in [-0.2, 0) is 0 Å². The first-order valence-corrected chi connectivity index (χ1v) is 9.77. The molecule has 2 heterocycles. The van der Waals surface area contributed by atoms with Gasteiger partial charge in [-0.2, -0.15) is 15.5 Å². The summed E-state index contributed by atoms with van der Waals surface area (Å²) in [4.78, 5) is 12.1. The van der Waals surface area contributed by atoms with Crippen molar-refractivity contribution in [1.29, 1.82) is 10.5 Å². The van der Waals surface area contributed by atoms with E-state index in [9.17, 15) is 5.26 Å². The van der Waals surface area contributed by atoms with Gasteiger partial charge in [0, 0.05) is 30.1 Å². The zero-order valence-electron chi connectivity index (χ0n) is 17.8. The van der Waals surface area contributed by atoms with Crippen LogP contribution in [0, 0.1) is 22.7 Å². The third-order valence-electron chi connectivity index (χ3n) is 4.68. The van der Waals surface area contributed by atoms with Crippen LogP contribution < -0.4 is 19.5 Å². The molecular weight excluding hydrogens is 420 g/mol. The van der Waals surface area contributed by atoms with Crippen LogP contribution in [0.2, 0.25) is 0 Å². The van der Waals surface area contributed by atoms with E-state index in [1.54, 1.807) is 30.5 Å².